The van der Waals surface area contributed by atoms with Gasteiger partial charge in [-0.3, -0.25) is 4.98 Å². The topological polar surface area (TPSA) is 12.9 Å². The Labute approximate surface area is 56.1 Å². The molecule has 0 aliphatic heterocycles. The predicted molar refractivity (Wildman–Crippen MR) is 41.2 cm³/mol. The monoisotopic (exact) mass is 147 g/mol. The van der Waals surface area contributed by atoms with Crippen LogP contribution in [0.5, 0.6) is 0 Å². The lowest BCUT2D eigenvalue weighted by Crippen LogP contribution is -1.66. The van der Waals surface area contributed by atoms with Gasteiger partial charge in [0.2, 0.25) is 0 Å². The van der Waals surface area contributed by atoms with E-state index < -0.39 is 0 Å². The molecule has 0 bridgehead atoms. The molecule has 0 N–H and O–H groups in total. The van der Waals surface area contributed by atoms with Gasteiger partial charge in [0.1, 0.15) is 0 Å². The maximum Gasteiger partial charge on any atom is 0.0802 e. The van der Waals surface area contributed by atoms with Crippen LogP contribution in [0.15, 0.2) is 15.9 Å². The van der Waals surface area contributed by atoms with Gasteiger partial charge in [-0.1, -0.05) is 0 Å². The SMILES string of the molecule is C[SH](C)c1cncs1. The van der Waals surface area contributed by atoms with Gasteiger partial charge in [0.25, 0.3) is 0 Å². The van der Waals surface area contributed by atoms with Crippen LogP contribution in [0.25, 0.3) is 0 Å². The number of rotatable bonds is 1. The van der Waals surface area contributed by atoms with E-state index in [1.54, 1.807) is 11.3 Å². The van der Waals surface area contributed by atoms with Gasteiger partial charge in [0, 0.05) is 6.20 Å². The predicted octanol–water partition coefficient (Wildman–Crippen LogP) is 1.76. The van der Waals surface area contributed by atoms with Crippen LogP contribution < -0.4 is 0 Å². The minimum absolute atomic E-state index is 0.0975. The van der Waals surface area contributed by atoms with Crippen molar-refractivity contribution in [1.29, 1.82) is 0 Å². The average molecular weight is 147 g/mol. The van der Waals surface area contributed by atoms with Gasteiger partial charge >= 0.3 is 0 Å². The summed E-state index contributed by atoms with van der Waals surface area (Å²) in [5, 5.41) is 0. The van der Waals surface area contributed by atoms with Gasteiger partial charge < -0.3 is 0 Å². The molecule has 1 aromatic heterocycles. The highest BCUT2D eigenvalue weighted by Crippen LogP contribution is 2.30. The third-order valence-electron chi connectivity index (χ3n) is 0.860. The number of thiazole rings is 1. The van der Waals surface area contributed by atoms with Crippen LogP contribution in [-0.2, 0) is 0 Å². The molecule has 0 saturated heterocycles. The first-order chi connectivity index (χ1) is 3.80. The molecule has 1 rings (SSSR count). The van der Waals surface area contributed by atoms with Crippen LogP contribution >= 0.6 is 22.2 Å². The number of hydrogen-bond acceptors (Lipinski definition) is 2. The van der Waals surface area contributed by atoms with Crippen molar-refractivity contribution in [2.75, 3.05) is 12.5 Å². The van der Waals surface area contributed by atoms with Crippen LogP contribution in [-0.4, -0.2) is 17.5 Å². The minimum atomic E-state index is 0.0975. The Kier molecular flexibility index (Phi) is 1.91. The van der Waals surface area contributed by atoms with E-state index in [1.807, 2.05) is 11.7 Å². The Balaban J connectivity index is 2.77. The summed E-state index contributed by atoms with van der Waals surface area (Å²) in [7, 11) is 0.0975. The fourth-order valence-electron chi connectivity index (χ4n) is 0.430. The summed E-state index contributed by atoms with van der Waals surface area (Å²) in [6, 6.07) is 0. The number of thiol groups is 1. The summed E-state index contributed by atoms with van der Waals surface area (Å²) in [4.78, 5) is 3.98. The maximum atomic E-state index is 3.98. The van der Waals surface area contributed by atoms with Gasteiger partial charge in [-0.15, -0.1) is 11.3 Å². The van der Waals surface area contributed by atoms with E-state index in [9.17, 15) is 0 Å². The largest absolute Gasteiger partial charge is 0.252 e. The van der Waals surface area contributed by atoms with Crippen LogP contribution in [0, 0.1) is 0 Å². The number of nitrogens with zero attached hydrogens (tertiary/aromatic N) is 1. The molecule has 3 heteroatoms. The molecule has 0 unspecified atom stereocenters. The van der Waals surface area contributed by atoms with Crippen LogP contribution in [0.1, 0.15) is 0 Å². The van der Waals surface area contributed by atoms with E-state index >= 15 is 0 Å². The molecule has 1 heterocycles. The van der Waals surface area contributed by atoms with Gasteiger partial charge in [0.05, 0.1) is 9.72 Å². The molecule has 0 atom stereocenters. The van der Waals surface area contributed by atoms with Crippen molar-refractivity contribution in [3.63, 3.8) is 0 Å². The summed E-state index contributed by atoms with van der Waals surface area (Å²) in [5.74, 6) is 0. The third-order valence-corrected chi connectivity index (χ3v) is 3.84. The van der Waals surface area contributed by atoms with E-state index in [-0.39, 0.29) is 10.9 Å². The van der Waals surface area contributed by atoms with Crippen LogP contribution in [0.2, 0.25) is 0 Å². The zero-order valence-corrected chi connectivity index (χ0v) is 6.67. The Morgan fingerprint density at radius 2 is 2.38 bits per heavy atom. The Morgan fingerprint density at radius 3 is 2.62 bits per heavy atom. The van der Waals surface area contributed by atoms with Crippen molar-refractivity contribution in [2.45, 2.75) is 4.21 Å². The molecule has 0 radical (unpaired) electrons. The molecule has 0 fully saturated rings. The van der Waals surface area contributed by atoms with E-state index in [0.29, 0.717) is 0 Å². The van der Waals surface area contributed by atoms with Crippen molar-refractivity contribution in [1.82, 2.24) is 4.98 Å². The minimum Gasteiger partial charge on any atom is -0.252 e. The fraction of sp³-hybridized carbons (Fsp3) is 0.400. The summed E-state index contributed by atoms with van der Waals surface area (Å²) in [6.45, 7) is 0. The molecule has 0 aliphatic carbocycles. The highest BCUT2D eigenvalue weighted by molar-refractivity contribution is 8.17. The summed E-state index contributed by atoms with van der Waals surface area (Å²) < 4.78 is 1.43. The van der Waals surface area contributed by atoms with E-state index in [1.165, 1.54) is 4.21 Å². The summed E-state index contributed by atoms with van der Waals surface area (Å²) >= 11 is 1.75. The smallest absolute Gasteiger partial charge is 0.0802 e. The Morgan fingerprint density at radius 1 is 1.62 bits per heavy atom. The van der Waals surface area contributed by atoms with Crippen molar-refractivity contribution >= 4 is 22.2 Å². The second-order valence-electron chi connectivity index (χ2n) is 1.73. The standard InChI is InChI=1S/C5H9NS2/c1-8(2)5-3-6-4-7-5/h3-4,8H,1-2H3. The molecule has 0 aromatic carbocycles. The van der Waals surface area contributed by atoms with Crippen molar-refractivity contribution in [2.24, 2.45) is 0 Å². The lowest BCUT2D eigenvalue weighted by molar-refractivity contribution is 1.38. The first-order valence-electron chi connectivity index (χ1n) is 2.36. The molecule has 0 spiro atoms. The lowest BCUT2D eigenvalue weighted by Gasteiger charge is -2.01. The fourth-order valence-corrected chi connectivity index (χ4v) is 2.06. The Hall–Kier alpha value is -0.0200. The van der Waals surface area contributed by atoms with Crippen LogP contribution in [0.3, 0.4) is 0 Å². The summed E-state index contributed by atoms with van der Waals surface area (Å²) in [6.07, 6.45) is 6.43. The van der Waals surface area contributed by atoms with Crippen molar-refractivity contribution in [3.05, 3.63) is 11.7 Å². The van der Waals surface area contributed by atoms with Gasteiger partial charge in [0.15, 0.2) is 0 Å². The highest BCUT2D eigenvalue weighted by atomic mass is 32.2. The molecule has 1 aromatic rings. The maximum absolute atomic E-state index is 3.98. The average Bonchev–Trinajstić information content (AvgIpc) is 2.12. The van der Waals surface area contributed by atoms with Crippen molar-refractivity contribution < 1.29 is 0 Å². The summed E-state index contributed by atoms with van der Waals surface area (Å²) in [5.41, 5.74) is 1.89. The molecule has 0 saturated carbocycles. The first kappa shape index (κ1) is 6.11. The molecule has 0 aliphatic rings. The van der Waals surface area contributed by atoms with Gasteiger partial charge in [-0.05, 0) is 12.5 Å². The number of aromatic nitrogens is 1. The molecule has 46 valence electrons. The van der Waals surface area contributed by atoms with Gasteiger partial charge in [-0.2, -0.15) is 0 Å². The zero-order chi connectivity index (χ0) is 5.98. The molecule has 1 nitrogen and oxygen atoms in total. The lowest BCUT2D eigenvalue weighted by atomic mass is 11.0. The normalized spacial score (nSPS) is 11.5. The second kappa shape index (κ2) is 2.51. The quantitative estimate of drug-likeness (QED) is 0.597. The zero-order valence-electron chi connectivity index (χ0n) is 4.96. The number of hydrogen-bond donors (Lipinski definition) is 1. The van der Waals surface area contributed by atoms with Crippen LogP contribution in [0.4, 0.5) is 0 Å². The Bertz CT molecular complexity index is 145. The van der Waals surface area contributed by atoms with E-state index in [2.05, 4.69) is 17.5 Å². The molecular weight excluding hydrogens is 138 g/mol. The van der Waals surface area contributed by atoms with E-state index in [4.69, 9.17) is 0 Å². The second-order valence-corrected chi connectivity index (χ2v) is 5.19. The third kappa shape index (κ3) is 1.23. The highest BCUT2D eigenvalue weighted by Gasteiger charge is 1.92. The first-order valence-corrected chi connectivity index (χ1v) is 5.48. The molecule has 0 amide bonds. The van der Waals surface area contributed by atoms with Crippen molar-refractivity contribution in [3.8, 4) is 0 Å². The van der Waals surface area contributed by atoms with E-state index in [0.717, 1.165) is 0 Å². The molecular formula is C5H9NS2. The molecule has 8 heavy (non-hydrogen) atoms. The van der Waals surface area contributed by atoms with Gasteiger partial charge in [-0.25, -0.2) is 10.9 Å².